The molecule has 1 saturated heterocycles. The Morgan fingerprint density at radius 2 is 2.07 bits per heavy atom. The SMILES string of the molecule is CN=C(NC1C2CCOC2C12CCCC2)N(C)Cc1ccc(OC)cc1OC. The minimum absolute atomic E-state index is 0.315. The molecular weight excluding hydrogens is 354 g/mol. The quantitative estimate of drug-likeness (QED) is 0.622. The second-order valence-corrected chi connectivity index (χ2v) is 8.39. The zero-order valence-corrected chi connectivity index (χ0v) is 17.5. The molecule has 2 aliphatic carbocycles. The average molecular weight is 388 g/mol. The Labute approximate surface area is 168 Å². The maximum absolute atomic E-state index is 6.12. The zero-order valence-electron chi connectivity index (χ0n) is 17.5. The van der Waals surface area contributed by atoms with Crippen LogP contribution in [0.25, 0.3) is 0 Å². The van der Waals surface area contributed by atoms with Crippen LogP contribution in [0, 0.1) is 11.3 Å². The third kappa shape index (κ3) is 3.11. The summed E-state index contributed by atoms with van der Waals surface area (Å²) in [5, 5.41) is 3.82. The molecule has 1 heterocycles. The first-order valence-corrected chi connectivity index (χ1v) is 10.4. The van der Waals surface area contributed by atoms with Crippen molar-refractivity contribution in [3.63, 3.8) is 0 Å². The second-order valence-electron chi connectivity index (χ2n) is 8.39. The highest BCUT2D eigenvalue weighted by atomic mass is 16.5. The lowest BCUT2D eigenvalue weighted by molar-refractivity contribution is -0.125. The third-order valence-corrected chi connectivity index (χ3v) is 7.05. The highest BCUT2D eigenvalue weighted by Crippen LogP contribution is 2.60. The fourth-order valence-corrected chi connectivity index (χ4v) is 5.70. The number of ether oxygens (including phenoxy) is 3. The Hall–Kier alpha value is -1.95. The van der Waals surface area contributed by atoms with Crippen LogP contribution in [0.15, 0.2) is 23.2 Å². The van der Waals surface area contributed by atoms with Gasteiger partial charge in [-0.25, -0.2) is 0 Å². The van der Waals surface area contributed by atoms with Crippen molar-refractivity contribution in [2.75, 3.05) is 34.9 Å². The Morgan fingerprint density at radius 1 is 1.29 bits per heavy atom. The monoisotopic (exact) mass is 387 g/mol. The van der Waals surface area contributed by atoms with Crippen molar-refractivity contribution < 1.29 is 14.2 Å². The van der Waals surface area contributed by atoms with Crippen molar-refractivity contribution in [1.29, 1.82) is 0 Å². The maximum atomic E-state index is 6.12. The van der Waals surface area contributed by atoms with Crippen molar-refractivity contribution in [2.24, 2.45) is 16.3 Å². The fraction of sp³-hybridized carbons (Fsp3) is 0.682. The average Bonchev–Trinajstić information content (AvgIpc) is 3.37. The highest BCUT2D eigenvalue weighted by Gasteiger charge is 2.65. The van der Waals surface area contributed by atoms with Crippen LogP contribution in [0.2, 0.25) is 0 Å². The highest BCUT2D eigenvalue weighted by molar-refractivity contribution is 5.80. The summed E-state index contributed by atoms with van der Waals surface area (Å²) in [7, 11) is 7.32. The predicted octanol–water partition coefficient (Wildman–Crippen LogP) is 3.06. The van der Waals surface area contributed by atoms with Gasteiger partial charge in [0.05, 0.1) is 20.3 Å². The van der Waals surface area contributed by atoms with Crippen LogP contribution in [-0.2, 0) is 11.3 Å². The van der Waals surface area contributed by atoms with Gasteiger partial charge in [-0.2, -0.15) is 0 Å². The molecule has 3 atom stereocenters. The Balaban J connectivity index is 1.47. The van der Waals surface area contributed by atoms with Gasteiger partial charge in [0.15, 0.2) is 5.96 Å². The van der Waals surface area contributed by atoms with Gasteiger partial charge >= 0.3 is 0 Å². The molecule has 3 unspecified atom stereocenters. The van der Waals surface area contributed by atoms with E-state index in [-0.39, 0.29) is 0 Å². The van der Waals surface area contributed by atoms with E-state index in [4.69, 9.17) is 14.2 Å². The molecule has 6 nitrogen and oxygen atoms in total. The smallest absolute Gasteiger partial charge is 0.193 e. The van der Waals surface area contributed by atoms with Gasteiger partial charge in [-0.05, 0) is 31.4 Å². The first-order chi connectivity index (χ1) is 13.6. The molecular formula is C22H33N3O3. The second kappa shape index (κ2) is 7.82. The molecule has 6 heteroatoms. The van der Waals surface area contributed by atoms with Crippen LogP contribution >= 0.6 is 0 Å². The Bertz CT molecular complexity index is 730. The molecule has 1 N–H and O–H groups in total. The minimum Gasteiger partial charge on any atom is -0.497 e. The molecule has 1 aromatic carbocycles. The van der Waals surface area contributed by atoms with E-state index in [1.165, 1.54) is 25.7 Å². The van der Waals surface area contributed by atoms with Gasteiger partial charge in [-0.3, -0.25) is 4.99 Å². The van der Waals surface area contributed by atoms with Gasteiger partial charge in [0.25, 0.3) is 0 Å². The van der Waals surface area contributed by atoms with Gasteiger partial charge < -0.3 is 24.4 Å². The van der Waals surface area contributed by atoms with Gasteiger partial charge in [-0.15, -0.1) is 0 Å². The van der Waals surface area contributed by atoms with Crippen molar-refractivity contribution in [3.05, 3.63) is 23.8 Å². The summed E-state index contributed by atoms with van der Waals surface area (Å²) in [6.45, 7) is 1.63. The molecule has 3 aliphatic rings. The van der Waals surface area contributed by atoms with Crippen LogP contribution in [0.3, 0.4) is 0 Å². The van der Waals surface area contributed by atoms with Crippen molar-refractivity contribution in [2.45, 2.75) is 50.8 Å². The summed E-state index contributed by atoms with van der Waals surface area (Å²) in [4.78, 5) is 6.77. The third-order valence-electron chi connectivity index (χ3n) is 7.05. The van der Waals surface area contributed by atoms with Gasteiger partial charge in [0.2, 0.25) is 0 Å². The van der Waals surface area contributed by atoms with E-state index < -0.39 is 0 Å². The van der Waals surface area contributed by atoms with Crippen LogP contribution < -0.4 is 14.8 Å². The topological polar surface area (TPSA) is 55.3 Å². The number of aliphatic imine (C=N–C) groups is 1. The van der Waals surface area contributed by atoms with Crippen molar-refractivity contribution >= 4 is 5.96 Å². The molecule has 154 valence electrons. The van der Waals surface area contributed by atoms with E-state index in [9.17, 15) is 0 Å². The lowest BCUT2D eigenvalue weighted by Crippen LogP contribution is -2.69. The normalized spacial score (nSPS) is 28.0. The summed E-state index contributed by atoms with van der Waals surface area (Å²) >= 11 is 0. The molecule has 0 amide bonds. The zero-order chi connectivity index (χ0) is 19.7. The molecule has 28 heavy (non-hydrogen) atoms. The van der Waals surface area contributed by atoms with Gasteiger partial charge in [0.1, 0.15) is 11.5 Å². The standard InChI is InChI=1S/C22H33N3O3/c1-23-21(25(2)14-15-7-8-16(26-3)13-18(15)27-4)24-19-17-9-12-28-20(17)22(19)10-5-6-11-22/h7-8,13,17,19-20H,5-6,9-12,14H2,1-4H3,(H,23,24). The molecule has 1 aliphatic heterocycles. The number of fused-ring (bicyclic) bond motifs is 2. The number of hydrogen-bond acceptors (Lipinski definition) is 4. The van der Waals surface area contributed by atoms with E-state index >= 15 is 0 Å². The van der Waals surface area contributed by atoms with Crippen LogP contribution in [-0.4, -0.2) is 57.9 Å². The number of methoxy groups -OCH3 is 2. The van der Waals surface area contributed by atoms with Gasteiger partial charge in [-0.1, -0.05) is 12.8 Å². The number of nitrogens with one attached hydrogen (secondary N) is 1. The van der Waals surface area contributed by atoms with E-state index in [0.717, 1.165) is 42.6 Å². The Kier molecular flexibility index (Phi) is 5.41. The molecule has 1 aromatic rings. The lowest BCUT2D eigenvalue weighted by atomic mass is 9.54. The number of benzene rings is 1. The van der Waals surface area contributed by atoms with Crippen molar-refractivity contribution in [1.82, 2.24) is 10.2 Å². The van der Waals surface area contributed by atoms with E-state index in [1.807, 2.05) is 19.2 Å². The molecule has 2 saturated carbocycles. The molecule has 1 spiro atoms. The van der Waals surface area contributed by atoms with Crippen LogP contribution in [0.5, 0.6) is 11.5 Å². The molecule has 0 radical (unpaired) electrons. The summed E-state index contributed by atoms with van der Waals surface area (Å²) in [6, 6.07) is 6.44. The van der Waals surface area contributed by atoms with Gasteiger partial charge in [0, 0.05) is 56.3 Å². The molecule has 4 rings (SSSR count). The van der Waals surface area contributed by atoms with Crippen molar-refractivity contribution in [3.8, 4) is 11.5 Å². The van der Waals surface area contributed by atoms with E-state index in [0.29, 0.717) is 23.5 Å². The van der Waals surface area contributed by atoms with E-state index in [1.54, 1.807) is 14.2 Å². The molecule has 0 bridgehead atoms. The maximum Gasteiger partial charge on any atom is 0.193 e. The first-order valence-electron chi connectivity index (χ1n) is 10.4. The molecule has 3 fully saturated rings. The number of rotatable bonds is 5. The fourth-order valence-electron chi connectivity index (χ4n) is 5.70. The molecule has 0 aromatic heterocycles. The predicted molar refractivity (Wildman–Crippen MR) is 110 cm³/mol. The number of nitrogens with zero attached hydrogens (tertiary/aromatic N) is 2. The van der Waals surface area contributed by atoms with Crippen LogP contribution in [0.4, 0.5) is 0 Å². The largest absolute Gasteiger partial charge is 0.497 e. The van der Waals surface area contributed by atoms with E-state index in [2.05, 4.69) is 28.3 Å². The summed E-state index contributed by atoms with van der Waals surface area (Å²) in [5.74, 6) is 3.20. The minimum atomic E-state index is 0.315. The number of guanidine groups is 1. The van der Waals surface area contributed by atoms with Crippen LogP contribution in [0.1, 0.15) is 37.7 Å². The Morgan fingerprint density at radius 3 is 2.75 bits per heavy atom. The summed E-state index contributed by atoms with van der Waals surface area (Å²) in [6.07, 6.45) is 6.82. The summed E-state index contributed by atoms with van der Waals surface area (Å²) < 4.78 is 17.0. The first kappa shape index (κ1) is 19.4. The lowest BCUT2D eigenvalue weighted by Gasteiger charge is -2.57. The summed E-state index contributed by atoms with van der Waals surface area (Å²) in [5.41, 5.74) is 1.43. The number of hydrogen-bond donors (Lipinski definition) is 1.